The first-order chi connectivity index (χ1) is 16.0. The maximum Gasteiger partial charge on any atom is 0.333 e. The number of amides is 2. The Kier molecular flexibility index (Phi) is 9.10. The monoisotopic (exact) mass is 452 g/mol. The number of aromatic nitrogens is 2. The van der Waals surface area contributed by atoms with Gasteiger partial charge in [0.2, 0.25) is 0 Å². The number of aryl methyl sites for hydroxylation is 1. The van der Waals surface area contributed by atoms with Crippen LogP contribution in [-0.4, -0.2) is 27.8 Å². The summed E-state index contributed by atoms with van der Waals surface area (Å²) in [5, 5.41) is 0.612. The lowest BCUT2D eigenvalue weighted by atomic mass is 9.85. The smallest absolute Gasteiger partial charge is 0.330 e. The predicted molar refractivity (Wildman–Crippen MR) is 123 cm³/mol. The molecule has 2 atom stereocenters. The molecule has 2 unspecified atom stereocenters. The fourth-order valence-electron chi connectivity index (χ4n) is 4.23. The minimum absolute atomic E-state index is 0.116. The molecule has 0 saturated carbocycles. The van der Waals surface area contributed by atoms with Crippen molar-refractivity contribution in [2.75, 3.05) is 0 Å². The first-order valence-electron chi connectivity index (χ1n) is 11.9. The number of hydrogen-bond donors (Lipinski definition) is 0. The summed E-state index contributed by atoms with van der Waals surface area (Å²) in [6.45, 7) is 5.40. The van der Waals surface area contributed by atoms with Crippen LogP contribution in [0.2, 0.25) is 0 Å². The molecule has 0 bridgehead atoms. The fourth-order valence-corrected chi connectivity index (χ4v) is 4.23. The number of rotatable bonds is 12. The van der Waals surface area contributed by atoms with Crippen molar-refractivity contribution < 1.29 is 23.8 Å². The molecule has 0 aromatic carbocycles. The van der Waals surface area contributed by atoms with E-state index in [2.05, 4.69) is 60.1 Å². The molecule has 0 spiro atoms. The lowest BCUT2D eigenvalue weighted by Gasteiger charge is -2.20. The van der Waals surface area contributed by atoms with Gasteiger partial charge in [-0.05, 0) is 60.8 Å². The van der Waals surface area contributed by atoms with Crippen LogP contribution in [0.5, 0.6) is 0 Å². The highest BCUT2D eigenvalue weighted by Crippen LogP contribution is 2.31. The summed E-state index contributed by atoms with van der Waals surface area (Å²) in [7, 11) is 0. The molecule has 3 rings (SSSR count). The summed E-state index contributed by atoms with van der Waals surface area (Å²) in [6.07, 6.45) is 13.1. The van der Waals surface area contributed by atoms with Crippen molar-refractivity contribution >= 4 is 17.8 Å². The quantitative estimate of drug-likeness (QED) is 0.274. The van der Waals surface area contributed by atoms with Crippen LogP contribution in [0.4, 0.5) is 0 Å². The Balaban J connectivity index is 1.36. The zero-order valence-electron chi connectivity index (χ0n) is 19.6. The molecule has 1 fully saturated rings. The molecule has 7 nitrogen and oxygen atoms in total. The van der Waals surface area contributed by atoms with E-state index in [-0.39, 0.29) is 19.3 Å². The van der Waals surface area contributed by atoms with Crippen LogP contribution in [0, 0.1) is 0 Å². The predicted octanol–water partition coefficient (Wildman–Crippen LogP) is 4.22. The van der Waals surface area contributed by atoms with E-state index >= 15 is 0 Å². The number of imide groups is 1. The molecule has 176 valence electrons. The molecule has 2 aromatic heterocycles. The van der Waals surface area contributed by atoms with E-state index in [1.165, 1.54) is 11.1 Å². The van der Waals surface area contributed by atoms with Gasteiger partial charge in [-0.1, -0.05) is 13.8 Å². The van der Waals surface area contributed by atoms with Gasteiger partial charge in [-0.2, -0.15) is 0 Å². The molecule has 0 aliphatic carbocycles. The highest BCUT2D eigenvalue weighted by molar-refractivity contribution is 6.01. The van der Waals surface area contributed by atoms with Crippen molar-refractivity contribution in [3.05, 3.63) is 60.2 Å². The van der Waals surface area contributed by atoms with Crippen molar-refractivity contribution in [3.63, 3.8) is 0 Å². The van der Waals surface area contributed by atoms with Crippen LogP contribution in [0.25, 0.3) is 0 Å². The minimum Gasteiger partial charge on any atom is -0.330 e. The van der Waals surface area contributed by atoms with Crippen LogP contribution in [0.3, 0.4) is 0 Å². The highest BCUT2D eigenvalue weighted by Gasteiger charge is 2.32. The summed E-state index contributed by atoms with van der Waals surface area (Å²) >= 11 is 0. The molecule has 0 N–H and O–H groups in total. The lowest BCUT2D eigenvalue weighted by molar-refractivity contribution is -0.697. The Morgan fingerprint density at radius 2 is 1.70 bits per heavy atom. The second-order valence-electron chi connectivity index (χ2n) is 8.75. The van der Waals surface area contributed by atoms with E-state index in [9.17, 15) is 14.4 Å². The lowest BCUT2D eigenvalue weighted by Crippen LogP contribution is -2.33. The molecular formula is C26H34N3O4+. The molecule has 2 aromatic rings. The first-order valence-corrected chi connectivity index (χ1v) is 11.9. The van der Waals surface area contributed by atoms with Gasteiger partial charge in [-0.3, -0.25) is 14.6 Å². The number of pyridine rings is 2. The Labute approximate surface area is 195 Å². The summed E-state index contributed by atoms with van der Waals surface area (Å²) < 4.78 is 2.16. The number of unbranched alkanes of at least 4 members (excludes halogenated alkanes) is 2. The number of carbonyl (C=O) groups is 3. The van der Waals surface area contributed by atoms with Gasteiger partial charge in [-0.15, -0.1) is 5.06 Å². The van der Waals surface area contributed by atoms with Gasteiger partial charge in [0, 0.05) is 50.2 Å². The topological polar surface area (TPSA) is 80.5 Å². The summed E-state index contributed by atoms with van der Waals surface area (Å²) in [5.41, 5.74) is 2.69. The second kappa shape index (κ2) is 12.2. The average Bonchev–Trinajstić information content (AvgIpc) is 3.15. The van der Waals surface area contributed by atoms with Gasteiger partial charge < -0.3 is 4.84 Å². The maximum atomic E-state index is 11.8. The zero-order valence-corrected chi connectivity index (χ0v) is 19.6. The van der Waals surface area contributed by atoms with E-state index in [1.54, 1.807) is 0 Å². The van der Waals surface area contributed by atoms with Crippen molar-refractivity contribution in [3.8, 4) is 0 Å². The Bertz CT molecular complexity index is 914. The molecule has 3 heterocycles. The normalized spacial score (nSPS) is 15.5. The largest absolute Gasteiger partial charge is 0.333 e. The van der Waals surface area contributed by atoms with E-state index in [4.69, 9.17) is 4.84 Å². The van der Waals surface area contributed by atoms with E-state index in [0.717, 1.165) is 32.2 Å². The molecule has 0 radical (unpaired) electrons. The molecule has 2 amide bonds. The molecule has 1 aliphatic heterocycles. The van der Waals surface area contributed by atoms with Crippen LogP contribution in [-0.2, 0) is 25.8 Å². The third-order valence-electron chi connectivity index (χ3n) is 6.29. The molecule has 33 heavy (non-hydrogen) atoms. The summed E-state index contributed by atoms with van der Waals surface area (Å²) in [4.78, 5) is 43.8. The third kappa shape index (κ3) is 7.20. The van der Waals surface area contributed by atoms with Gasteiger partial charge in [0.15, 0.2) is 12.4 Å². The van der Waals surface area contributed by atoms with Crippen molar-refractivity contribution in [1.82, 2.24) is 10.0 Å². The highest BCUT2D eigenvalue weighted by atomic mass is 16.7. The van der Waals surface area contributed by atoms with Gasteiger partial charge in [0.05, 0.1) is 0 Å². The van der Waals surface area contributed by atoms with Crippen LogP contribution in [0.1, 0.15) is 88.2 Å². The van der Waals surface area contributed by atoms with Gasteiger partial charge in [0.1, 0.15) is 6.54 Å². The Morgan fingerprint density at radius 1 is 1.03 bits per heavy atom. The Morgan fingerprint density at radius 3 is 2.33 bits per heavy atom. The number of carbonyl (C=O) groups excluding carboxylic acids is 3. The summed E-state index contributed by atoms with van der Waals surface area (Å²) in [6, 6.07) is 8.63. The van der Waals surface area contributed by atoms with Crippen molar-refractivity contribution in [2.45, 2.75) is 83.6 Å². The van der Waals surface area contributed by atoms with E-state index in [0.29, 0.717) is 23.3 Å². The fraction of sp³-hybridized carbons (Fsp3) is 0.500. The minimum atomic E-state index is -0.526. The molecule has 1 aliphatic rings. The maximum absolute atomic E-state index is 11.8. The van der Waals surface area contributed by atoms with Crippen molar-refractivity contribution in [2.24, 2.45) is 0 Å². The standard InChI is InChI=1S/C26H34N3O4/c1-3-21(23-10-14-27-15-11-23)19-20(2)22-12-17-28(18-13-22)16-6-4-5-7-26(32)33-29-24(30)8-9-25(29)31/h10-15,17-18,20-21H,3-9,16,19H2,1-2H3/q+1. The second-order valence-corrected chi connectivity index (χ2v) is 8.75. The number of nitrogens with zero attached hydrogens (tertiary/aromatic N) is 3. The van der Waals surface area contributed by atoms with E-state index in [1.807, 2.05) is 12.4 Å². The van der Waals surface area contributed by atoms with Crippen molar-refractivity contribution in [1.29, 1.82) is 0 Å². The molecule has 1 saturated heterocycles. The number of hydroxylamine groups is 2. The zero-order chi connectivity index (χ0) is 23.6. The average molecular weight is 453 g/mol. The number of hydrogen-bond acceptors (Lipinski definition) is 5. The van der Waals surface area contributed by atoms with Crippen LogP contribution >= 0.6 is 0 Å². The van der Waals surface area contributed by atoms with Crippen LogP contribution < -0.4 is 4.57 Å². The molecular weight excluding hydrogens is 418 g/mol. The molecule has 7 heteroatoms. The van der Waals surface area contributed by atoms with Gasteiger partial charge in [-0.25, -0.2) is 9.36 Å². The Hall–Kier alpha value is -3.09. The van der Waals surface area contributed by atoms with Gasteiger partial charge in [0.25, 0.3) is 11.8 Å². The third-order valence-corrected chi connectivity index (χ3v) is 6.29. The van der Waals surface area contributed by atoms with E-state index < -0.39 is 17.8 Å². The van der Waals surface area contributed by atoms with Gasteiger partial charge >= 0.3 is 5.97 Å². The SMILES string of the molecule is CCC(CC(C)c1cc[n+](CCCCCC(=O)ON2C(=O)CCC2=O)cc1)c1ccncc1. The van der Waals surface area contributed by atoms with Crippen LogP contribution in [0.15, 0.2) is 49.1 Å². The first kappa shape index (κ1) is 24.6. The summed E-state index contributed by atoms with van der Waals surface area (Å²) in [5.74, 6) is -0.404.